The zero-order valence-corrected chi connectivity index (χ0v) is 49.3. The van der Waals surface area contributed by atoms with Crippen LogP contribution in [0.25, 0.3) is 0 Å². The molecule has 5 rings (SSSR count). The van der Waals surface area contributed by atoms with Gasteiger partial charge in [0.15, 0.2) is 0 Å². The maximum absolute atomic E-state index is 12.8. The van der Waals surface area contributed by atoms with Crippen molar-refractivity contribution in [1.82, 2.24) is 0 Å². The van der Waals surface area contributed by atoms with Crippen LogP contribution in [-0.2, 0) is 28.6 Å². The Kier molecular flexibility index (Phi) is 40.6. The molecule has 3 N–H and O–H groups in total. The molecule has 0 saturated heterocycles. The smallest absolute Gasteiger partial charge is 0.343 e. The molecule has 474 valence electrons. The van der Waals surface area contributed by atoms with E-state index in [4.69, 9.17) is 53.2 Å². The number of phenolic OH excluding ortho intramolecular Hbond substituents is 2. The van der Waals surface area contributed by atoms with E-state index in [9.17, 15) is 28.8 Å². The minimum atomic E-state index is -0.934. The van der Waals surface area contributed by atoms with Gasteiger partial charge in [0, 0.05) is 18.2 Å². The van der Waals surface area contributed by atoms with Crippen LogP contribution in [-0.4, -0.2) is 90.8 Å². The molecule has 0 aromatic heterocycles. The molecule has 0 atom stereocenters. The number of aryl methyl sites for hydroxylation is 2. The van der Waals surface area contributed by atoms with E-state index in [1.165, 1.54) is 48.6 Å². The molecular weight excluding hydrogens is 1110 g/mol. The maximum atomic E-state index is 12.8. The minimum absolute atomic E-state index is 0. The van der Waals surface area contributed by atoms with Gasteiger partial charge in [0.1, 0.15) is 40.2 Å². The maximum Gasteiger partial charge on any atom is 0.343 e. The highest BCUT2D eigenvalue weighted by atomic mass is 16.6. The molecule has 17 heteroatoms. The molecule has 0 bridgehead atoms. The molecule has 0 aliphatic carbocycles. The Hall–Kier alpha value is -8.86. The highest BCUT2D eigenvalue weighted by Crippen LogP contribution is 2.26. The van der Waals surface area contributed by atoms with E-state index < -0.39 is 17.9 Å². The first-order valence-electron chi connectivity index (χ1n) is 28.9. The third-order valence-electron chi connectivity index (χ3n) is 12.7. The van der Waals surface area contributed by atoms with Gasteiger partial charge in [0.05, 0.1) is 56.3 Å². The number of phenols is 2. The molecular formula is C70H92O17. The first-order chi connectivity index (χ1) is 41.1. The lowest BCUT2D eigenvalue weighted by Crippen LogP contribution is -2.10. The number of ether oxygens (including phenoxy) is 8. The SMILES string of the molecule is C.C.C=CC(=O)OCCCCCCCCOc1ccc(C(=O)O)cc1.C=CC(=O)OCCCCCCCCOc1ccc(C(=O)Oc2ccc(OC(=O)c3ccc(OCCCCCCCCOC(=O)C=C)cc3)c(C)c2)cc1.Cc1cc(O)ccc1O. The van der Waals surface area contributed by atoms with Gasteiger partial charge >= 0.3 is 35.8 Å². The van der Waals surface area contributed by atoms with Crippen molar-refractivity contribution < 1.29 is 82.0 Å². The summed E-state index contributed by atoms with van der Waals surface area (Å²) in [7, 11) is 0. The van der Waals surface area contributed by atoms with E-state index in [1.807, 2.05) is 0 Å². The minimum Gasteiger partial charge on any atom is -0.508 e. The summed E-state index contributed by atoms with van der Waals surface area (Å²) >= 11 is 0. The second-order valence-corrected chi connectivity index (χ2v) is 19.6. The third kappa shape index (κ3) is 34.6. The topological polar surface area (TPSA) is 237 Å². The van der Waals surface area contributed by atoms with Gasteiger partial charge in [-0.25, -0.2) is 28.8 Å². The van der Waals surface area contributed by atoms with Crippen molar-refractivity contribution in [3.8, 4) is 40.2 Å². The average molecular weight is 1210 g/mol. The summed E-state index contributed by atoms with van der Waals surface area (Å²) < 4.78 is 43.2. The number of rotatable bonds is 38. The van der Waals surface area contributed by atoms with E-state index in [0.29, 0.717) is 90.6 Å². The number of carbonyl (C=O) groups is 6. The van der Waals surface area contributed by atoms with Gasteiger partial charge in [-0.15, -0.1) is 0 Å². The molecule has 0 heterocycles. The number of hydrogen-bond donors (Lipinski definition) is 3. The number of carboxylic acid groups (broad SMARTS) is 1. The van der Waals surface area contributed by atoms with Crippen molar-refractivity contribution in [1.29, 1.82) is 0 Å². The Morgan fingerprint density at radius 3 is 1.02 bits per heavy atom. The summed E-state index contributed by atoms with van der Waals surface area (Å²) in [6.45, 7) is 16.7. The van der Waals surface area contributed by atoms with Crippen LogP contribution in [0.3, 0.4) is 0 Å². The molecule has 0 amide bonds. The Balaban J connectivity index is 0.000000910. The van der Waals surface area contributed by atoms with Crippen molar-refractivity contribution in [2.75, 3.05) is 39.6 Å². The highest BCUT2D eigenvalue weighted by molar-refractivity contribution is 5.92. The van der Waals surface area contributed by atoms with E-state index >= 15 is 0 Å². The quantitative estimate of drug-likeness (QED) is 0.00831. The highest BCUT2D eigenvalue weighted by Gasteiger charge is 2.14. The van der Waals surface area contributed by atoms with Crippen LogP contribution >= 0.6 is 0 Å². The van der Waals surface area contributed by atoms with E-state index in [1.54, 1.807) is 92.7 Å². The Morgan fingerprint density at radius 2 is 0.701 bits per heavy atom. The molecule has 0 saturated carbocycles. The summed E-state index contributed by atoms with van der Waals surface area (Å²) in [5.41, 5.74) is 2.36. The molecule has 0 aliphatic heterocycles. The lowest BCUT2D eigenvalue weighted by Gasteiger charge is -2.11. The van der Waals surface area contributed by atoms with Crippen LogP contribution < -0.4 is 23.7 Å². The molecule has 0 unspecified atom stereocenters. The standard InChI is InChI=1S/C43H52O10.C18H24O5.C7H8O2.2CH4/c1-4-40(44)50-30-16-12-8-6-10-14-28-48-36-22-18-34(19-23-36)42(46)52-38-26-27-39(33(3)32-38)53-43(47)35-20-24-37(25-21-35)49-29-15-11-7-9-13-17-31-51-41(45)5-2;1-2-17(19)23-14-8-6-4-3-5-7-13-22-16-11-9-15(10-12-16)18(20)21;1-5-4-6(8)2-3-7(5)9;;/h4-5,18-27,32H,1-2,6-17,28-31H2,3H3;2,9-12H,1,3-8,13-14H2,(H,20,21);2-4,8-9H,1H3;2*1H4. The van der Waals surface area contributed by atoms with Gasteiger partial charge in [-0.1, -0.05) is 112 Å². The lowest BCUT2D eigenvalue weighted by molar-refractivity contribution is -0.138. The first kappa shape index (κ1) is 76.2. The van der Waals surface area contributed by atoms with Crippen LogP contribution in [0.2, 0.25) is 0 Å². The van der Waals surface area contributed by atoms with Crippen molar-refractivity contribution in [3.05, 3.63) is 175 Å². The van der Waals surface area contributed by atoms with E-state index in [0.717, 1.165) is 116 Å². The van der Waals surface area contributed by atoms with Crippen LogP contribution in [0.15, 0.2) is 147 Å². The molecule has 0 spiro atoms. The fourth-order valence-corrected chi connectivity index (χ4v) is 7.83. The average Bonchev–Trinajstić information content (AvgIpc) is 3.68. The molecule has 0 radical (unpaired) electrons. The van der Waals surface area contributed by atoms with Crippen molar-refractivity contribution in [3.63, 3.8) is 0 Å². The largest absolute Gasteiger partial charge is 0.508 e. The molecule has 0 fully saturated rings. The Labute approximate surface area is 514 Å². The van der Waals surface area contributed by atoms with Gasteiger partial charge in [-0.2, -0.15) is 0 Å². The summed E-state index contributed by atoms with van der Waals surface area (Å²) in [5, 5.41) is 26.6. The lowest BCUT2D eigenvalue weighted by atomic mass is 10.1. The Bertz CT molecular complexity index is 2800. The van der Waals surface area contributed by atoms with Crippen LogP contribution in [0, 0.1) is 13.8 Å². The number of hydrogen-bond acceptors (Lipinski definition) is 16. The van der Waals surface area contributed by atoms with Crippen LogP contribution in [0.1, 0.15) is 173 Å². The summed E-state index contributed by atoms with van der Waals surface area (Å²) in [6.07, 6.45) is 21.7. The second kappa shape index (κ2) is 46.4. The van der Waals surface area contributed by atoms with E-state index in [-0.39, 0.29) is 49.8 Å². The summed E-state index contributed by atoms with van der Waals surface area (Å²) in [6, 6.07) is 29.3. The number of esters is 5. The number of aromatic carboxylic acids is 1. The second-order valence-electron chi connectivity index (χ2n) is 19.6. The van der Waals surface area contributed by atoms with Gasteiger partial charge in [0.2, 0.25) is 0 Å². The summed E-state index contributed by atoms with van der Waals surface area (Å²) in [5.74, 6) is 0.0687. The molecule has 87 heavy (non-hydrogen) atoms. The predicted octanol–water partition coefficient (Wildman–Crippen LogP) is 15.8. The number of carbonyl (C=O) groups excluding carboxylic acids is 5. The number of benzene rings is 5. The fraction of sp³-hybridized carbons (Fsp3) is 0.400. The number of aromatic hydroxyl groups is 2. The Morgan fingerprint density at radius 1 is 0.379 bits per heavy atom. The first-order valence-corrected chi connectivity index (χ1v) is 28.9. The number of unbranched alkanes of at least 4 members (excludes halogenated alkanes) is 15. The van der Waals surface area contributed by atoms with Gasteiger partial charge in [-0.3, -0.25) is 0 Å². The molecule has 5 aromatic rings. The van der Waals surface area contributed by atoms with Crippen LogP contribution in [0.4, 0.5) is 0 Å². The van der Waals surface area contributed by atoms with Crippen LogP contribution in [0.5, 0.6) is 40.2 Å². The van der Waals surface area contributed by atoms with Gasteiger partial charge in [-0.05, 0) is 173 Å². The molecule has 0 aliphatic rings. The zero-order valence-electron chi connectivity index (χ0n) is 49.3. The van der Waals surface area contributed by atoms with E-state index in [2.05, 4.69) is 19.7 Å². The predicted molar refractivity (Wildman–Crippen MR) is 338 cm³/mol. The fourth-order valence-electron chi connectivity index (χ4n) is 7.83. The van der Waals surface area contributed by atoms with Crippen molar-refractivity contribution in [2.45, 2.75) is 144 Å². The monoisotopic (exact) mass is 1200 g/mol. The van der Waals surface area contributed by atoms with Gasteiger partial charge < -0.3 is 53.2 Å². The third-order valence-corrected chi connectivity index (χ3v) is 12.7. The normalized spacial score (nSPS) is 10.0. The molecule has 17 nitrogen and oxygen atoms in total. The number of carboxylic acids is 1. The zero-order chi connectivity index (χ0) is 61.9. The summed E-state index contributed by atoms with van der Waals surface area (Å²) in [4.78, 5) is 69.1. The molecule has 5 aromatic carbocycles. The van der Waals surface area contributed by atoms with Crippen molar-refractivity contribution in [2.24, 2.45) is 0 Å². The van der Waals surface area contributed by atoms with Crippen molar-refractivity contribution >= 4 is 35.8 Å². The van der Waals surface area contributed by atoms with Gasteiger partial charge in [0.25, 0.3) is 0 Å².